The average molecular weight is 588 g/mol. The molecule has 5 N–H and O–H groups in total. The number of para-hydroxylation sites is 1. The van der Waals surface area contributed by atoms with Gasteiger partial charge in [-0.05, 0) is 54.3 Å². The van der Waals surface area contributed by atoms with Crippen LogP contribution in [0.15, 0.2) is 54.9 Å². The molecule has 5 aromatic rings. The van der Waals surface area contributed by atoms with Gasteiger partial charge in [-0.15, -0.1) is 0 Å². The minimum atomic E-state index is -0.860. The number of pyridine rings is 1. The number of nitrogens with two attached hydrogens (primary N) is 1. The predicted molar refractivity (Wildman–Crippen MR) is 153 cm³/mol. The molecule has 0 unspecified atom stereocenters. The molecule has 2 aromatic carbocycles. The van der Waals surface area contributed by atoms with Crippen molar-refractivity contribution in [2.45, 2.75) is 19.9 Å². The van der Waals surface area contributed by atoms with Crippen LogP contribution >= 0.6 is 0 Å². The number of carbonyl (C=O) groups excluding carboxylic acids is 2. The van der Waals surface area contributed by atoms with E-state index in [1.807, 2.05) is 12.1 Å². The number of H-pyrrole nitrogens is 1. The van der Waals surface area contributed by atoms with E-state index in [0.717, 1.165) is 34.2 Å². The van der Waals surface area contributed by atoms with Gasteiger partial charge in [0.15, 0.2) is 11.6 Å². The molecule has 0 atom stereocenters. The Hall–Kier alpha value is -5.30. The van der Waals surface area contributed by atoms with Gasteiger partial charge in [-0.1, -0.05) is 12.1 Å². The van der Waals surface area contributed by atoms with Crippen LogP contribution in [-0.4, -0.2) is 61.3 Å². The van der Waals surface area contributed by atoms with Crippen LogP contribution in [0.4, 0.5) is 19.4 Å². The van der Waals surface area contributed by atoms with Gasteiger partial charge < -0.3 is 30.8 Å². The number of ketones is 1. The largest absolute Gasteiger partial charge is 0.433 e. The Morgan fingerprint density at radius 3 is 2.70 bits per heavy atom. The molecular formula is C30H27F2N7O4. The quantitative estimate of drug-likeness (QED) is 0.210. The minimum absolute atomic E-state index is 0.0295. The number of rotatable bonds is 7. The molecule has 0 aliphatic carbocycles. The number of ether oxygens (including phenoxy) is 1. The molecule has 2 amide bonds. The Bertz CT molecular complexity index is 1860. The van der Waals surface area contributed by atoms with Crippen LogP contribution in [0.1, 0.15) is 32.7 Å². The van der Waals surface area contributed by atoms with E-state index in [-0.39, 0.29) is 42.2 Å². The zero-order valence-electron chi connectivity index (χ0n) is 23.0. The van der Waals surface area contributed by atoms with Crippen molar-refractivity contribution in [2.24, 2.45) is 0 Å². The number of nitrogens with zero attached hydrogens (tertiary/aromatic N) is 4. The molecular weight excluding hydrogens is 560 g/mol. The van der Waals surface area contributed by atoms with Gasteiger partial charge in [0, 0.05) is 36.6 Å². The summed E-state index contributed by atoms with van der Waals surface area (Å²) in [5.41, 5.74) is 10.7. The SMILES string of the molecule is Cc1cc(Oc2c(F)cccc2F)ncc1-n1ncc(C(=O)c2cc3c4c(ccc3[nH]2)CCN(C(=O)NCCO)C4)c1N. The smallest absolute Gasteiger partial charge is 0.317 e. The fourth-order valence-electron chi connectivity index (χ4n) is 5.18. The zero-order chi connectivity index (χ0) is 30.2. The molecule has 0 saturated heterocycles. The number of aromatic nitrogens is 4. The second-order valence-corrected chi connectivity index (χ2v) is 10.1. The van der Waals surface area contributed by atoms with E-state index >= 15 is 0 Å². The van der Waals surface area contributed by atoms with E-state index < -0.39 is 17.4 Å². The summed E-state index contributed by atoms with van der Waals surface area (Å²) in [6.45, 7) is 2.66. The Balaban J connectivity index is 1.26. The Kier molecular flexibility index (Phi) is 7.24. The van der Waals surface area contributed by atoms with Crippen LogP contribution in [-0.2, 0) is 13.0 Å². The van der Waals surface area contributed by atoms with E-state index in [2.05, 4.69) is 20.4 Å². The van der Waals surface area contributed by atoms with Gasteiger partial charge in [-0.25, -0.2) is 23.2 Å². The Morgan fingerprint density at radius 2 is 1.95 bits per heavy atom. The van der Waals surface area contributed by atoms with Crippen molar-refractivity contribution in [1.29, 1.82) is 0 Å². The van der Waals surface area contributed by atoms with E-state index in [1.165, 1.54) is 29.2 Å². The van der Waals surface area contributed by atoms with Crippen molar-refractivity contribution >= 4 is 28.5 Å². The molecule has 0 radical (unpaired) electrons. The lowest BCUT2D eigenvalue weighted by Gasteiger charge is -2.29. The number of amides is 2. The van der Waals surface area contributed by atoms with E-state index in [4.69, 9.17) is 15.6 Å². The first-order chi connectivity index (χ1) is 20.7. The molecule has 0 bridgehead atoms. The second kappa shape index (κ2) is 11.2. The molecule has 0 spiro atoms. The number of aryl methyl sites for hydroxylation is 1. The number of aromatic amines is 1. The third-order valence-corrected chi connectivity index (χ3v) is 7.39. The van der Waals surface area contributed by atoms with Crippen molar-refractivity contribution in [1.82, 2.24) is 30.0 Å². The number of nitrogen functional groups attached to an aromatic ring is 1. The monoisotopic (exact) mass is 587 g/mol. The van der Waals surface area contributed by atoms with Crippen molar-refractivity contribution in [3.63, 3.8) is 0 Å². The number of fused-ring (bicyclic) bond motifs is 3. The fourth-order valence-corrected chi connectivity index (χ4v) is 5.18. The Labute approximate surface area is 243 Å². The Morgan fingerprint density at radius 1 is 1.16 bits per heavy atom. The number of aliphatic hydroxyl groups is 1. The summed E-state index contributed by atoms with van der Waals surface area (Å²) in [7, 11) is 0. The predicted octanol–water partition coefficient (Wildman–Crippen LogP) is 4.00. The summed E-state index contributed by atoms with van der Waals surface area (Å²) < 4.78 is 34.7. The fraction of sp³-hybridized carbons (Fsp3) is 0.200. The van der Waals surface area contributed by atoms with Crippen molar-refractivity contribution in [2.75, 3.05) is 25.4 Å². The number of urea groups is 1. The second-order valence-electron chi connectivity index (χ2n) is 10.1. The number of nitrogens with one attached hydrogen (secondary N) is 2. The van der Waals surface area contributed by atoms with Crippen LogP contribution in [0.5, 0.6) is 11.6 Å². The molecule has 0 saturated carbocycles. The van der Waals surface area contributed by atoms with Gasteiger partial charge in [0.1, 0.15) is 5.82 Å². The first-order valence-electron chi connectivity index (χ1n) is 13.5. The summed E-state index contributed by atoms with van der Waals surface area (Å²) in [6.07, 6.45) is 3.42. The maximum Gasteiger partial charge on any atom is 0.317 e. The molecule has 3 aromatic heterocycles. The van der Waals surface area contributed by atoms with Gasteiger partial charge in [-0.3, -0.25) is 4.79 Å². The van der Waals surface area contributed by atoms with E-state index in [9.17, 15) is 18.4 Å². The molecule has 1 aliphatic heterocycles. The highest BCUT2D eigenvalue weighted by Gasteiger charge is 2.25. The van der Waals surface area contributed by atoms with Gasteiger partial charge in [0.25, 0.3) is 0 Å². The molecule has 13 heteroatoms. The summed E-state index contributed by atoms with van der Waals surface area (Å²) in [6, 6.07) is 10.3. The number of benzene rings is 2. The standard InChI is InChI=1S/C30H27F2N7O4/c1-16-11-26(43-28-21(31)3-2-4-22(28)32)35-14-25(16)39-29(33)19(13-36-39)27(41)24-12-18-20-15-38(30(42)34-8-10-40)9-7-17(20)5-6-23(18)37-24/h2-6,11-14,37,40H,7-10,15,33H2,1H3,(H,34,42). The lowest BCUT2D eigenvalue weighted by Crippen LogP contribution is -2.43. The lowest BCUT2D eigenvalue weighted by atomic mass is 9.96. The molecule has 1 aliphatic rings. The van der Waals surface area contributed by atoms with Gasteiger partial charge >= 0.3 is 6.03 Å². The summed E-state index contributed by atoms with van der Waals surface area (Å²) in [4.78, 5) is 35.0. The zero-order valence-corrected chi connectivity index (χ0v) is 23.0. The first kappa shape index (κ1) is 27.8. The van der Waals surface area contributed by atoms with Crippen LogP contribution in [0.3, 0.4) is 0 Å². The van der Waals surface area contributed by atoms with E-state index in [1.54, 1.807) is 17.9 Å². The molecule has 43 heavy (non-hydrogen) atoms. The third kappa shape index (κ3) is 5.14. The summed E-state index contributed by atoms with van der Waals surface area (Å²) in [5.74, 6) is -2.61. The molecule has 220 valence electrons. The van der Waals surface area contributed by atoms with Crippen LogP contribution < -0.4 is 15.8 Å². The highest BCUT2D eigenvalue weighted by molar-refractivity contribution is 6.12. The maximum atomic E-state index is 14.0. The minimum Gasteiger partial charge on any atom is -0.433 e. The number of carbonyl (C=O) groups is 2. The number of hydrogen-bond acceptors (Lipinski definition) is 7. The highest BCUT2D eigenvalue weighted by Crippen LogP contribution is 2.31. The van der Waals surface area contributed by atoms with Crippen molar-refractivity contribution < 1.29 is 28.2 Å². The first-order valence-corrected chi connectivity index (χ1v) is 13.5. The number of aliphatic hydroxyl groups excluding tert-OH is 1. The normalized spacial score (nSPS) is 12.8. The summed E-state index contributed by atoms with van der Waals surface area (Å²) in [5, 5.41) is 16.8. The number of anilines is 1. The average Bonchev–Trinajstić information content (AvgIpc) is 3.61. The number of halogens is 2. The van der Waals surface area contributed by atoms with E-state index in [0.29, 0.717) is 36.5 Å². The molecule has 0 fully saturated rings. The van der Waals surface area contributed by atoms with Gasteiger partial charge in [0.05, 0.1) is 35.9 Å². The van der Waals surface area contributed by atoms with Crippen molar-refractivity contribution in [3.8, 4) is 17.3 Å². The van der Waals surface area contributed by atoms with Crippen LogP contribution in [0.2, 0.25) is 0 Å². The van der Waals surface area contributed by atoms with Crippen LogP contribution in [0, 0.1) is 18.6 Å². The topological polar surface area (TPSA) is 151 Å². The molecule has 4 heterocycles. The van der Waals surface area contributed by atoms with Gasteiger partial charge in [0.2, 0.25) is 17.4 Å². The van der Waals surface area contributed by atoms with Crippen LogP contribution in [0.25, 0.3) is 16.6 Å². The molecule has 11 nitrogen and oxygen atoms in total. The van der Waals surface area contributed by atoms with Gasteiger partial charge in [-0.2, -0.15) is 5.10 Å². The third-order valence-electron chi connectivity index (χ3n) is 7.39. The van der Waals surface area contributed by atoms with Crippen molar-refractivity contribution in [3.05, 3.63) is 94.4 Å². The highest BCUT2D eigenvalue weighted by atomic mass is 19.1. The lowest BCUT2D eigenvalue weighted by molar-refractivity contribution is 0.103. The number of hydrogen-bond donors (Lipinski definition) is 4. The maximum absolute atomic E-state index is 14.0. The summed E-state index contributed by atoms with van der Waals surface area (Å²) >= 11 is 0. The molecule has 6 rings (SSSR count).